The second kappa shape index (κ2) is 11.7. The highest BCUT2D eigenvalue weighted by molar-refractivity contribution is 5.97. The Hall–Kier alpha value is -2.37. The van der Waals surface area contributed by atoms with Crippen LogP contribution in [0.4, 0.5) is 0 Å². The molecule has 6 nitrogen and oxygen atoms in total. The number of carbonyl (C=O) groups excluding carboxylic acids is 3. The van der Waals surface area contributed by atoms with Crippen molar-refractivity contribution in [1.29, 1.82) is 0 Å². The number of amides is 3. The quantitative estimate of drug-likeness (QED) is 0.640. The van der Waals surface area contributed by atoms with Gasteiger partial charge < -0.3 is 15.1 Å². The summed E-state index contributed by atoms with van der Waals surface area (Å²) in [6.07, 6.45) is 7.52. The molecule has 3 unspecified atom stereocenters. The first-order valence-corrected chi connectivity index (χ1v) is 12.8. The normalized spacial score (nSPS) is 21.0. The molecule has 3 amide bonds. The molecule has 182 valence electrons. The van der Waals surface area contributed by atoms with Crippen molar-refractivity contribution in [3.8, 4) is 0 Å². The molecule has 0 bridgehead atoms. The molecule has 2 aliphatic rings. The van der Waals surface area contributed by atoms with E-state index in [1.165, 1.54) is 25.7 Å². The number of aryl methyl sites for hydroxylation is 1. The highest BCUT2D eigenvalue weighted by Crippen LogP contribution is 2.29. The smallest absolute Gasteiger partial charge is 0.251 e. The molecule has 6 heteroatoms. The second-order valence-corrected chi connectivity index (χ2v) is 10.1. The van der Waals surface area contributed by atoms with Crippen LogP contribution < -0.4 is 5.32 Å². The topological polar surface area (TPSA) is 69.7 Å². The fraction of sp³-hybridized carbons (Fsp3) is 0.667. The summed E-state index contributed by atoms with van der Waals surface area (Å²) in [6, 6.07) is 6.81. The van der Waals surface area contributed by atoms with Crippen LogP contribution in [0.1, 0.15) is 81.6 Å². The number of benzene rings is 1. The fourth-order valence-corrected chi connectivity index (χ4v) is 5.11. The average molecular weight is 456 g/mol. The minimum atomic E-state index is -0.569. The Morgan fingerprint density at radius 1 is 1.09 bits per heavy atom. The lowest BCUT2D eigenvalue weighted by Crippen LogP contribution is -2.60. The molecule has 1 saturated heterocycles. The Labute approximate surface area is 199 Å². The molecule has 1 aromatic rings. The zero-order chi connectivity index (χ0) is 24.0. The predicted molar refractivity (Wildman–Crippen MR) is 131 cm³/mol. The number of hydrogen-bond donors (Lipinski definition) is 1. The van der Waals surface area contributed by atoms with E-state index in [0.717, 1.165) is 18.4 Å². The molecule has 0 spiro atoms. The van der Waals surface area contributed by atoms with E-state index in [4.69, 9.17) is 0 Å². The van der Waals surface area contributed by atoms with Crippen LogP contribution in [0, 0.1) is 18.8 Å². The van der Waals surface area contributed by atoms with Crippen LogP contribution in [0.2, 0.25) is 0 Å². The standard InChI is InChI=1S/C27H41N3O3/c1-5-20(3)25(28-26(32)23-13-10-19(2)11-14-23)27(33)29-16-17-30(21(4)18-29)24(31)15-12-22-8-6-7-9-22/h10-11,13-14,20-22,25H,5-9,12,15-18H2,1-4H3,(H,28,32). The molecular weight excluding hydrogens is 414 g/mol. The molecule has 1 aliphatic heterocycles. The van der Waals surface area contributed by atoms with Gasteiger partial charge in [0.2, 0.25) is 11.8 Å². The molecule has 0 radical (unpaired) electrons. The van der Waals surface area contributed by atoms with E-state index in [2.05, 4.69) is 5.32 Å². The van der Waals surface area contributed by atoms with Crippen LogP contribution in [0.5, 0.6) is 0 Å². The lowest BCUT2D eigenvalue weighted by Gasteiger charge is -2.41. The molecule has 1 aromatic carbocycles. The zero-order valence-electron chi connectivity index (χ0n) is 20.8. The van der Waals surface area contributed by atoms with Crippen LogP contribution in [-0.2, 0) is 9.59 Å². The maximum atomic E-state index is 13.4. The van der Waals surface area contributed by atoms with Gasteiger partial charge >= 0.3 is 0 Å². The molecule has 0 aromatic heterocycles. The van der Waals surface area contributed by atoms with Crippen molar-refractivity contribution in [2.75, 3.05) is 19.6 Å². The van der Waals surface area contributed by atoms with Crippen LogP contribution in [0.25, 0.3) is 0 Å². The van der Waals surface area contributed by atoms with Crippen molar-refractivity contribution < 1.29 is 14.4 Å². The van der Waals surface area contributed by atoms with Gasteiger partial charge in [-0.05, 0) is 44.2 Å². The lowest BCUT2D eigenvalue weighted by atomic mass is 9.96. The number of rotatable bonds is 8. The maximum absolute atomic E-state index is 13.4. The molecule has 1 N–H and O–H groups in total. The van der Waals surface area contributed by atoms with E-state index < -0.39 is 6.04 Å². The average Bonchev–Trinajstić information content (AvgIpc) is 3.34. The fourth-order valence-electron chi connectivity index (χ4n) is 5.11. The van der Waals surface area contributed by atoms with Crippen LogP contribution >= 0.6 is 0 Å². The van der Waals surface area contributed by atoms with Gasteiger partial charge in [0.25, 0.3) is 5.91 Å². The highest BCUT2D eigenvalue weighted by Gasteiger charge is 2.35. The third-order valence-electron chi connectivity index (χ3n) is 7.58. The molecule has 33 heavy (non-hydrogen) atoms. The largest absolute Gasteiger partial charge is 0.340 e. The van der Waals surface area contributed by atoms with Crippen molar-refractivity contribution in [2.24, 2.45) is 11.8 Å². The molecule has 3 atom stereocenters. The third kappa shape index (κ3) is 6.58. The summed E-state index contributed by atoms with van der Waals surface area (Å²) in [7, 11) is 0. The van der Waals surface area contributed by atoms with Gasteiger partial charge in [0, 0.05) is 37.7 Å². The van der Waals surface area contributed by atoms with Gasteiger partial charge in [-0.1, -0.05) is 63.6 Å². The van der Waals surface area contributed by atoms with Gasteiger partial charge in [0.15, 0.2) is 0 Å². The van der Waals surface area contributed by atoms with E-state index in [1.54, 1.807) is 12.1 Å². The summed E-state index contributed by atoms with van der Waals surface area (Å²) in [5.41, 5.74) is 1.65. The Morgan fingerprint density at radius 3 is 2.36 bits per heavy atom. The minimum Gasteiger partial charge on any atom is -0.340 e. The summed E-state index contributed by atoms with van der Waals surface area (Å²) in [5, 5.41) is 2.99. The van der Waals surface area contributed by atoms with Crippen molar-refractivity contribution in [3.05, 3.63) is 35.4 Å². The van der Waals surface area contributed by atoms with Gasteiger partial charge in [-0.2, -0.15) is 0 Å². The number of nitrogens with zero attached hydrogens (tertiary/aromatic N) is 2. The SMILES string of the molecule is CCC(C)C(NC(=O)c1ccc(C)cc1)C(=O)N1CCN(C(=O)CCC2CCCC2)C(C)C1. The van der Waals surface area contributed by atoms with Gasteiger partial charge in [-0.3, -0.25) is 14.4 Å². The lowest BCUT2D eigenvalue weighted by molar-refractivity contribution is -0.144. The second-order valence-electron chi connectivity index (χ2n) is 10.1. The Kier molecular flexibility index (Phi) is 8.93. The van der Waals surface area contributed by atoms with E-state index in [0.29, 0.717) is 37.5 Å². The molecule has 2 fully saturated rings. The minimum absolute atomic E-state index is 0.0100. The summed E-state index contributed by atoms with van der Waals surface area (Å²) in [5.74, 6) is 0.679. The predicted octanol–water partition coefficient (Wildman–Crippen LogP) is 4.17. The molecule has 1 aliphatic carbocycles. The first kappa shape index (κ1) is 25.3. The first-order chi connectivity index (χ1) is 15.8. The molecule has 3 rings (SSSR count). The molecular formula is C27H41N3O3. The molecule has 1 saturated carbocycles. The van der Waals surface area contributed by atoms with Gasteiger partial charge in [0.1, 0.15) is 6.04 Å². The summed E-state index contributed by atoms with van der Waals surface area (Å²) >= 11 is 0. The zero-order valence-corrected chi connectivity index (χ0v) is 20.8. The Balaban J connectivity index is 1.58. The number of carbonyl (C=O) groups is 3. The highest BCUT2D eigenvalue weighted by atomic mass is 16.2. The monoisotopic (exact) mass is 455 g/mol. The third-order valence-corrected chi connectivity index (χ3v) is 7.58. The first-order valence-electron chi connectivity index (χ1n) is 12.8. The van der Waals surface area contributed by atoms with Crippen LogP contribution in [0.15, 0.2) is 24.3 Å². The van der Waals surface area contributed by atoms with E-state index >= 15 is 0 Å². The Morgan fingerprint density at radius 2 is 1.76 bits per heavy atom. The summed E-state index contributed by atoms with van der Waals surface area (Å²) < 4.78 is 0. The number of piperazine rings is 1. The van der Waals surface area contributed by atoms with Gasteiger partial charge in [0.05, 0.1) is 0 Å². The van der Waals surface area contributed by atoms with Crippen molar-refractivity contribution >= 4 is 17.7 Å². The van der Waals surface area contributed by atoms with Crippen molar-refractivity contribution in [2.45, 2.75) is 84.7 Å². The van der Waals surface area contributed by atoms with E-state index in [9.17, 15) is 14.4 Å². The molecule has 1 heterocycles. The van der Waals surface area contributed by atoms with Gasteiger partial charge in [-0.15, -0.1) is 0 Å². The maximum Gasteiger partial charge on any atom is 0.251 e. The summed E-state index contributed by atoms with van der Waals surface area (Å²) in [6.45, 7) is 9.64. The van der Waals surface area contributed by atoms with E-state index in [1.807, 2.05) is 49.6 Å². The number of nitrogens with one attached hydrogen (secondary N) is 1. The van der Waals surface area contributed by atoms with Crippen molar-refractivity contribution in [1.82, 2.24) is 15.1 Å². The van der Waals surface area contributed by atoms with Crippen LogP contribution in [0.3, 0.4) is 0 Å². The number of hydrogen-bond acceptors (Lipinski definition) is 3. The van der Waals surface area contributed by atoms with E-state index in [-0.39, 0.29) is 29.7 Å². The van der Waals surface area contributed by atoms with Gasteiger partial charge in [-0.25, -0.2) is 0 Å². The van der Waals surface area contributed by atoms with Crippen LogP contribution in [-0.4, -0.2) is 59.2 Å². The Bertz CT molecular complexity index is 816. The summed E-state index contributed by atoms with van der Waals surface area (Å²) in [4.78, 5) is 42.9. The van der Waals surface area contributed by atoms with Crippen molar-refractivity contribution in [3.63, 3.8) is 0 Å².